The Morgan fingerprint density at radius 2 is 2.00 bits per heavy atom. The normalized spacial score (nSPS) is 10.8. The fourth-order valence-electron chi connectivity index (χ4n) is 2.89. The summed E-state index contributed by atoms with van der Waals surface area (Å²) < 4.78 is 1.60. The molecule has 0 unspecified atom stereocenters. The van der Waals surface area contributed by atoms with Crippen molar-refractivity contribution in [1.29, 1.82) is 0 Å². The molecule has 2 heterocycles. The summed E-state index contributed by atoms with van der Waals surface area (Å²) in [6, 6.07) is 12.5. The Morgan fingerprint density at radius 1 is 1.21 bits per heavy atom. The minimum atomic E-state index is -0.432. The number of aliphatic hydroxyl groups is 1. The molecule has 8 nitrogen and oxygen atoms in total. The zero-order valence-corrected chi connectivity index (χ0v) is 16.1. The summed E-state index contributed by atoms with van der Waals surface area (Å²) in [4.78, 5) is 30.3. The van der Waals surface area contributed by atoms with Crippen LogP contribution < -0.4 is 5.32 Å². The molecule has 0 radical (unpaired) electrons. The topological polar surface area (TPSA) is 100 Å². The molecule has 146 valence electrons. The number of fused-ring (bicyclic) bond motifs is 1. The van der Waals surface area contributed by atoms with Crippen LogP contribution in [0.2, 0.25) is 5.15 Å². The van der Waals surface area contributed by atoms with Crippen LogP contribution in [0.3, 0.4) is 0 Å². The molecule has 1 aromatic carbocycles. The number of pyridine rings is 1. The highest BCUT2D eigenvalue weighted by Crippen LogP contribution is 2.17. The van der Waals surface area contributed by atoms with Crippen LogP contribution in [-0.4, -0.2) is 56.3 Å². The zero-order valence-electron chi connectivity index (χ0n) is 15.3. The summed E-state index contributed by atoms with van der Waals surface area (Å²) in [5.74, 6) is -0.461. The molecule has 0 spiro atoms. The van der Waals surface area contributed by atoms with E-state index in [1.807, 2.05) is 31.2 Å². The van der Waals surface area contributed by atoms with E-state index in [1.54, 1.807) is 22.9 Å². The lowest BCUT2D eigenvalue weighted by atomic mass is 10.2. The minimum absolute atomic E-state index is 0.0307. The van der Waals surface area contributed by atoms with Crippen molar-refractivity contribution in [3.8, 4) is 0 Å². The molecule has 3 rings (SSSR count). The van der Waals surface area contributed by atoms with Crippen molar-refractivity contribution in [2.45, 2.75) is 13.5 Å². The number of hydrogen-bond acceptors (Lipinski definition) is 5. The second-order valence-corrected chi connectivity index (χ2v) is 6.58. The Bertz CT molecular complexity index is 1000. The van der Waals surface area contributed by atoms with E-state index in [4.69, 9.17) is 11.6 Å². The number of anilines is 1. The number of aliphatic hydroxyl groups excluding tert-OH is 1. The minimum Gasteiger partial charge on any atom is -0.395 e. The number of carbonyl (C=O) groups excluding carboxylic acids is 2. The number of carbonyl (C=O) groups is 2. The highest BCUT2D eigenvalue weighted by atomic mass is 35.5. The molecule has 0 fully saturated rings. The maximum Gasteiger partial charge on any atom is 0.245 e. The molecular formula is C19H20ClN5O3. The number of benzene rings is 1. The summed E-state index contributed by atoms with van der Waals surface area (Å²) in [6.07, 6.45) is 0. The number of hydrogen-bond donors (Lipinski definition) is 2. The Kier molecular flexibility index (Phi) is 6.23. The Hall–Kier alpha value is -2.97. The van der Waals surface area contributed by atoms with Crippen molar-refractivity contribution < 1.29 is 14.7 Å². The van der Waals surface area contributed by atoms with Gasteiger partial charge in [-0.15, -0.1) is 0 Å². The molecule has 2 N–H and O–H groups in total. The van der Waals surface area contributed by atoms with Crippen molar-refractivity contribution in [1.82, 2.24) is 19.7 Å². The third-order valence-corrected chi connectivity index (χ3v) is 4.38. The van der Waals surface area contributed by atoms with E-state index < -0.39 is 5.91 Å². The van der Waals surface area contributed by atoms with E-state index in [2.05, 4.69) is 15.4 Å². The second-order valence-electron chi connectivity index (χ2n) is 6.19. The quantitative estimate of drug-likeness (QED) is 0.588. The van der Waals surface area contributed by atoms with Gasteiger partial charge in [0.05, 0.1) is 17.8 Å². The van der Waals surface area contributed by atoms with Gasteiger partial charge in [0.2, 0.25) is 11.8 Å². The van der Waals surface area contributed by atoms with Gasteiger partial charge >= 0.3 is 0 Å². The van der Waals surface area contributed by atoms with Crippen LogP contribution in [0, 0.1) is 6.92 Å². The zero-order chi connectivity index (χ0) is 20.1. The lowest BCUT2D eigenvalue weighted by Gasteiger charge is -2.21. The van der Waals surface area contributed by atoms with E-state index in [1.165, 1.54) is 4.90 Å². The molecule has 3 aromatic rings. The number of nitrogens with one attached hydrogen (secondary N) is 1. The van der Waals surface area contributed by atoms with Gasteiger partial charge in [0.25, 0.3) is 0 Å². The van der Waals surface area contributed by atoms with Gasteiger partial charge in [-0.25, -0.2) is 4.98 Å². The molecule has 0 atom stereocenters. The van der Waals surface area contributed by atoms with Crippen LogP contribution in [0.25, 0.3) is 10.9 Å². The lowest BCUT2D eigenvalue weighted by Crippen LogP contribution is -2.41. The first kappa shape index (κ1) is 19.8. The largest absolute Gasteiger partial charge is 0.395 e. The predicted octanol–water partition coefficient (Wildman–Crippen LogP) is 1.85. The van der Waals surface area contributed by atoms with Gasteiger partial charge in [0.15, 0.2) is 0 Å². The molecule has 9 heteroatoms. The number of amides is 2. The van der Waals surface area contributed by atoms with Crippen LogP contribution in [0.1, 0.15) is 5.69 Å². The second kappa shape index (κ2) is 8.81. The van der Waals surface area contributed by atoms with Crippen LogP contribution >= 0.6 is 11.6 Å². The van der Waals surface area contributed by atoms with E-state index in [0.717, 1.165) is 16.6 Å². The first-order valence-corrected chi connectivity index (χ1v) is 9.09. The Morgan fingerprint density at radius 3 is 2.75 bits per heavy atom. The van der Waals surface area contributed by atoms with Gasteiger partial charge < -0.3 is 15.3 Å². The Balaban J connectivity index is 1.70. The molecule has 0 saturated carbocycles. The third kappa shape index (κ3) is 4.65. The molecule has 0 saturated heterocycles. The number of halogens is 1. The van der Waals surface area contributed by atoms with Gasteiger partial charge in [-0.1, -0.05) is 35.9 Å². The number of para-hydroxylation sites is 1. The molecule has 28 heavy (non-hydrogen) atoms. The van der Waals surface area contributed by atoms with Crippen LogP contribution in [0.4, 0.5) is 5.82 Å². The molecule has 2 aromatic heterocycles. The first-order valence-electron chi connectivity index (χ1n) is 8.71. The van der Waals surface area contributed by atoms with E-state index in [9.17, 15) is 14.7 Å². The first-order chi connectivity index (χ1) is 13.5. The molecule has 0 bridgehead atoms. The van der Waals surface area contributed by atoms with Gasteiger partial charge in [0.1, 0.15) is 24.1 Å². The van der Waals surface area contributed by atoms with Crippen LogP contribution in [0.15, 0.2) is 42.5 Å². The maximum atomic E-state index is 12.7. The van der Waals surface area contributed by atoms with Gasteiger partial charge in [-0.3, -0.25) is 14.3 Å². The summed E-state index contributed by atoms with van der Waals surface area (Å²) in [7, 11) is 0. The molecule has 2 amide bonds. The van der Waals surface area contributed by atoms with Crippen LogP contribution in [0.5, 0.6) is 0 Å². The summed E-state index contributed by atoms with van der Waals surface area (Å²) in [5.41, 5.74) is 1.66. The predicted molar refractivity (Wildman–Crippen MR) is 106 cm³/mol. The summed E-state index contributed by atoms with van der Waals surface area (Å²) in [5, 5.41) is 17.5. The number of nitrogens with zero attached hydrogens (tertiary/aromatic N) is 4. The van der Waals surface area contributed by atoms with E-state index >= 15 is 0 Å². The smallest absolute Gasteiger partial charge is 0.245 e. The average Bonchev–Trinajstić information content (AvgIpc) is 2.97. The number of rotatable bonds is 7. The highest BCUT2D eigenvalue weighted by molar-refractivity contribution is 6.29. The van der Waals surface area contributed by atoms with Gasteiger partial charge in [-0.05, 0) is 25.1 Å². The molecule has 0 aliphatic rings. The number of aryl methyl sites for hydroxylation is 1. The van der Waals surface area contributed by atoms with E-state index in [0.29, 0.717) is 5.82 Å². The fourth-order valence-corrected chi connectivity index (χ4v) is 3.05. The molecule has 0 aliphatic carbocycles. The van der Waals surface area contributed by atoms with Crippen molar-refractivity contribution >= 4 is 40.1 Å². The van der Waals surface area contributed by atoms with Crippen molar-refractivity contribution in [3.05, 3.63) is 53.3 Å². The van der Waals surface area contributed by atoms with Crippen LogP contribution in [-0.2, 0) is 16.1 Å². The third-order valence-electron chi connectivity index (χ3n) is 4.17. The van der Waals surface area contributed by atoms with Gasteiger partial charge in [-0.2, -0.15) is 5.10 Å². The number of aromatic nitrogens is 3. The molecular weight excluding hydrogens is 382 g/mol. The maximum absolute atomic E-state index is 12.7. The summed E-state index contributed by atoms with van der Waals surface area (Å²) in [6.45, 7) is 1.41. The highest BCUT2D eigenvalue weighted by Gasteiger charge is 2.19. The molecule has 0 aliphatic heterocycles. The van der Waals surface area contributed by atoms with Crippen molar-refractivity contribution in [3.63, 3.8) is 0 Å². The standard InChI is InChI=1S/C19H20ClN5O3/c1-13-14-5-2-3-6-15(14)25(23-13)12-19(28)24(9-10-26)11-18(27)22-17-8-4-7-16(20)21-17/h2-8,26H,9-12H2,1H3,(H,21,22,27). The fraction of sp³-hybridized carbons (Fsp3) is 0.263. The lowest BCUT2D eigenvalue weighted by molar-refractivity contribution is -0.135. The summed E-state index contributed by atoms with van der Waals surface area (Å²) >= 11 is 5.80. The Labute approximate surface area is 166 Å². The average molecular weight is 402 g/mol. The van der Waals surface area contributed by atoms with Crippen molar-refractivity contribution in [2.24, 2.45) is 0 Å². The van der Waals surface area contributed by atoms with E-state index in [-0.39, 0.29) is 37.3 Å². The van der Waals surface area contributed by atoms with Gasteiger partial charge in [0, 0.05) is 11.9 Å². The SMILES string of the molecule is Cc1nn(CC(=O)N(CCO)CC(=O)Nc2cccc(Cl)n2)c2ccccc12. The van der Waals surface area contributed by atoms with Crippen molar-refractivity contribution in [2.75, 3.05) is 25.0 Å². The monoisotopic (exact) mass is 401 g/mol.